The summed E-state index contributed by atoms with van der Waals surface area (Å²) >= 11 is 0. The Morgan fingerprint density at radius 1 is 1.42 bits per heavy atom. The van der Waals surface area contributed by atoms with E-state index in [1.807, 2.05) is 0 Å². The first-order valence-corrected chi connectivity index (χ1v) is 8.32. The first-order chi connectivity index (χ1) is 9.16. The largest absolute Gasteiger partial charge is 0.335 e. The maximum Gasteiger partial charge on any atom is 0.260 e. The molecule has 7 heteroatoms. The Kier molecular flexibility index (Phi) is 3.60. The van der Waals surface area contributed by atoms with Gasteiger partial charge in [0.25, 0.3) is 10.0 Å². The fraction of sp³-hybridized carbons (Fsp3) is 0.750. The number of piperidine rings is 1. The van der Waals surface area contributed by atoms with Gasteiger partial charge in [0.15, 0.2) is 5.03 Å². The minimum Gasteiger partial charge on any atom is -0.335 e. The van der Waals surface area contributed by atoms with Crippen LogP contribution in [0.5, 0.6) is 0 Å². The lowest BCUT2D eigenvalue weighted by Gasteiger charge is -2.31. The van der Waals surface area contributed by atoms with Crippen molar-refractivity contribution < 1.29 is 8.42 Å². The fourth-order valence-corrected chi connectivity index (χ4v) is 4.01. The van der Waals surface area contributed by atoms with Crippen LogP contribution in [-0.4, -0.2) is 48.4 Å². The van der Waals surface area contributed by atoms with Crippen molar-refractivity contribution in [1.82, 2.24) is 19.6 Å². The number of hydrogen-bond acceptors (Lipinski definition) is 4. The number of aromatic nitrogens is 2. The van der Waals surface area contributed by atoms with Gasteiger partial charge in [0.05, 0.1) is 12.5 Å². The maximum absolute atomic E-state index is 12.4. The van der Waals surface area contributed by atoms with E-state index in [0.717, 1.165) is 19.4 Å². The lowest BCUT2D eigenvalue weighted by atomic mass is 10.00. The van der Waals surface area contributed by atoms with Crippen LogP contribution in [0.3, 0.4) is 0 Å². The molecule has 1 saturated heterocycles. The van der Waals surface area contributed by atoms with Gasteiger partial charge in [-0.3, -0.25) is 0 Å². The number of hydrogen-bond donors (Lipinski definition) is 2. The zero-order chi connectivity index (χ0) is 13.3. The molecule has 1 aromatic heterocycles. The molecule has 106 valence electrons. The number of nitrogens with zero attached hydrogens (tertiary/aromatic N) is 2. The highest BCUT2D eigenvalue weighted by Crippen LogP contribution is 2.24. The standard InChI is InChI=1S/C12H20N4O2S/c17-19(18,12-7-13-9-15-12)16-5-1-2-10(8-16)6-14-11-3-4-11/h7,9-11,14H,1-6,8H2,(H,13,15). The van der Waals surface area contributed by atoms with E-state index in [-0.39, 0.29) is 5.03 Å². The monoisotopic (exact) mass is 284 g/mol. The van der Waals surface area contributed by atoms with Gasteiger partial charge in [0, 0.05) is 19.1 Å². The van der Waals surface area contributed by atoms with E-state index in [1.165, 1.54) is 25.4 Å². The highest BCUT2D eigenvalue weighted by molar-refractivity contribution is 7.89. The van der Waals surface area contributed by atoms with Crippen LogP contribution in [0, 0.1) is 5.92 Å². The van der Waals surface area contributed by atoms with Gasteiger partial charge in [-0.15, -0.1) is 0 Å². The van der Waals surface area contributed by atoms with Gasteiger partial charge >= 0.3 is 0 Å². The lowest BCUT2D eigenvalue weighted by Crippen LogP contribution is -2.43. The van der Waals surface area contributed by atoms with E-state index in [0.29, 0.717) is 25.0 Å². The third-order valence-electron chi connectivity index (χ3n) is 3.85. The van der Waals surface area contributed by atoms with Crippen LogP contribution in [0.1, 0.15) is 25.7 Å². The molecule has 1 aliphatic carbocycles. The Labute approximate surface area is 113 Å². The molecule has 0 spiro atoms. The first-order valence-electron chi connectivity index (χ1n) is 6.88. The van der Waals surface area contributed by atoms with Crippen LogP contribution < -0.4 is 5.32 Å². The van der Waals surface area contributed by atoms with Gasteiger partial charge in [-0.2, -0.15) is 4.31 Å². The van der Waals surface area contributed by atoms with Crippen molar-refractivity contribution in [1.29, 1.82) is 0 Å². The van der Waals surface area contributed by atoms with Crippen molar-refractivity contribution in [2.75, 3.05) is 19.6 Å². The highest BCUT2D eigenvalue weighted by atomic mass is 32.2. The van der Waals surface area contributed by atoms with E-state index in [9.17, 15) is 8.42 Å². The topological polar surface area (TPSA) is 78.1 Å². The SMILES string of the molecule is O=S(=O)(c1cnc[nH]1)N1CCCC(CNC2CC2)C1. The van der Waals surface area contributed by atoms with Crippen molar-refractivity contribution in [3.8, 4) is 0 Å². The molecule has 1 atom stereocenters. The second kappa shape index (κ2) is 5.22. The Morgan fingerprint density at radius 3 is 2.95 bits per heavy atom. The summed E-state index contributed by atoms with van der Waals surface area (Å²) in [5.74, 6) is 0.423. The first kappa shape index (κ1) is 13.1. The Balaban J connectivity index is 1.63. The molecule has 19 heavy (non-hydrogen) atoms. The molecular formula is C12H20N4O2S. The molecule has 2 fully saturated rings. The maximum atomic E-state index is 12.4. The van der Waals surface area contributed by atoms with E-state index < -0.39 is 10.0 Å². The molecular weight excluding hydrogens is 264 g/mol. The second-order valence-corrected chi connectivity index (χ2v) is 7.38. The molecule has 0 amide bonds. The van der Waals surface area contributed by atoms with Crippen LogP contribution in [0.2, 0.25) is 0 Å². The van der Waals surface area contributed by atoms with Crippen molar-refractivity contribution in [2.24, 2.45) is 5.92 Å². The van der Waals surface area contributed by atoms with Gasteiger partial charge < -0.3 is 10.3 Å². The zero-order valence-corrected chi connectivity index (χ0v) is 11.7. The molecule has 1 unspecified atom stereocenters. The summed E-state index contributed by atoms with van der Waals surface area (Å²) in [7, 11) is -3.39. The summed E-state index contributed by atoms with van der Waals surface area (Å²) in [4.78, 5) is 6.49. The number of aromatic amines is 1. The Morgan fingerprint density at radius 2 is 2.26 bits per heavy atom. The van der Waals surface area contributed by atoms with Crippen molar-refractivity contribution in [3.63, 3.8) is 0 Å². The van der Waals surface area contributed by atoms with Crippen LogP contribution in [0.4, 0.5) is 0 Å². The molecule has 0 bridgehead atoms. The summed E-state index contributed by atoms with van der Waals surface area (Å²) < 4.78 is 26.3. The molecule has 3 rings (SSSR count). The normalized spacial score (nSPS) is 25.6. The highest BCUT2D eigenvalue weighted by Gasteiger charge is 2.31. The fourth-order valence-electron chi connectivity index (χ4n) is 2.56. The van der Waals surface area contributed by atoms with Gasteiger partial charge in [0.2, 0.25) is 0 Å². The third kappa shape index (κ3) is 2.98. The average molecular weight is 284 g/mol. The molecule has 0 aromatic carbocycles. The van der Waals surface area contributed by atoms with E-state index in [2.05, 4.69) is 15.3 Å². The van der Waals surface area contributed by atoms with E-state index in [4.69, 9.17) is 0 Å². The molecule has 2 N–H and O–H groups in total. The number of H-pyrrole nitrogens is 1. The number of imidazole rings is 1. The van der Waals surface area contributed by atoms with Gasteiger partial charge in [-0.1, -0.05) is 0 Å². The Hall–Kier alpha value is -0.920. The predicted molar refractivity (Wildman–Crippen MR) is 71.1 cm³/mol. The van der Waals surface area contributed by atoms with Crippen LogP contribution >= 0.6 is 0 Å². The summed E-state index contributed by atoms with van der Waals surface area (Å²) in [5, 5.41) is 3.69. The van der Waals surface area contributed by atoms with Crippen molar-refractivity contribution >= 4 is 10.0 Å². The molecule has 6 nitrogen and oxygen atoms in total. The molecule has 1 aromatic rings. The molecule has 1 aliphatic heterocycles. The number of rotatable bonds is 5. The van der Waals surface area contributed by atoms with Gasteiger partial charge in [0.1, 0.15) is 0 Å². The Bertz CT molecular complexity index is 510. The quantitative estimate of drug-likeness (QED) is 0.828. The predicted octanol–water partition coefficient (Wildman–Crippen LogP) is 0.562. The third-order valence-corrected chi connectivity index (χ3v) is 5.64. The van der Waals surface area contributed by atoms with Crippen LogP contribution in [-0.2, 0) is 10.0 Å². The second-order valence-electron chi connectivity index (χ2n) is 5.47. The summed E-state index contributed by atoms with van der Waals surface area (Å²) in [5.41, 5.74) is 0. The minimum atomic E-state index is -3.39. The number of nitrogens with one attached hydrogen (secondary N) is 2. The minimum absolute atomic E-state index is 0.198. The zero-order valence-electron chi connectivity index (χ0n) is 10.9. The van der Waals surface area contributed by atoms with E-state index in [1.54, 1.807) is 4.31 Å². The molecule has 2 aliphatic rings. The van der Waals surface area contributed by atoms with Crippen molar-refractivity contribution in [3.05, 3.63) is 12.5 Å². The average Bonchev–Trinajstić information content (AvgIpc) is 3.07. The lowest BCUT2D eigenvalue weighted by molar-refractivity contribution is 0.259. The summed E-state index contributed by atoms with van der Waals surface area (Å²) in [6, 6.07) is 0.680. The smallest absolute Gasteiger partial charge is 0.260 e. The molecule has 2 heterocycles. The van der Waals surface area contributed by atoms with Crippen LogP contribution in [0.25, 0.3) is 0 Å². The number of sulfonamides is 1. The van der Waals surface area contributed by atoms with Crippen molar-refractivity contribution in [2.45, 2.75) is 36.8 Å². The van der Waals surface area contributed by atoms with Gasteiger partial charge in [-0.05, 0) is 38.1 Å². The van der Waals surface area contributed by atoms with Crippen LogP contribution in [0.15, 0.2) is 17.6 Å². The van der Waals surface area contributed by atoms with E-state index >= 15 is 0 Å². The summed E-state index contributed by atoms with van der Waals surface area (Å²) in [6.07, 6.45) is 7.36. The van der Waals surface area contributed by atoms with Gasteiger partial charge in [-0.25, -0.2) is 13.4 Å². The summed E-state index contributed by atoms with van der Waals surface area (Å²) in [6.45, 7) is 2.15. The molecule has 0 radical (unpaired) electrons. The molecule has 1 saturated carbocycles.